The lowest BCUT2D eigenvalue weighted by molar-refractivity contribution is 0.619. The highest BCUT2D eigenvalue weighted by atomic mass is 79.9. The molecule has 2 rings (SSSR count). The minimum absolute atomic E-state index is 0.0651. The number of nitrogens with one attached hydrogen (secondary N) is 2. The monoisotopic (exact) mass is 297 g/mol. The third-order valence-electron chi connectivity index (χ3n) is 1.98. The van der Waals surface area contributed by atoms with Crippen LogP contribution in [0.5, 0.6) is 0 Å². The van der Waals surface area contributed by atoms with Gasteiger partial charge in [-0.25, -0.2) is 15.2 Å². The third kappa shape index (κ3) is 2.89. The maximum Gasteiger partial charge on any atom is 0.239 e. The Kier molecular flexibility index (Phi) is 3.50. The molecule has 0 saturated heterocycles. The Hall–Kier alpha value is -1.73. The molecule has 5 nitrogen and oxygen atoms in total. The number of nitrogens with zero attached hydrogens (tertiary/aromatic N) is 2. The van der Waals surface area contributed by atoms with Gasteiger partial charge in [0.2, 0.25) is 5.95 Å². The standard InChI is InChI=1S/C10H9BrFN5/c11-6-1-3-7(4-2-6)15-9-8(12)5-14-10(16-9)17-13/h1-5H,13H2,(H2,14,15,16,17). The molecule has 2 aromatic rings. The van der Waals surface area contributed by atoms with Crippen LogP contribution in [0.15, 0.2) is 34.9 Å². The summed E-state index contributed by atoms with van der Waals surface area (Å²) in [6, 6.07) is 7.26. The van der Waals surface area contributed by atoms with Gasteiger partial charge in [0.25, 0.3) is 0 Å². The number of benzene rings is 1. The molecule has 17 heavy (non-hydrogen) atoms. The van der Waals surface area contributed by atoms with Crippen LogP contribution in [0.2, 0.25) is 0 Å². The van der Waals surface area contributed by atoms with E-state index < -0.39 is 5.82 Å². The van der Waals surface area contributed by atoms with E-state index in [2.05, 4.69) is 36.6 Å². The van der Waals surface area contributed by atoms with Gasteiger partial charge in [-0.2, -0.15) is 4.98 Å². The van der Waals surface area contributed by atoms with E-state index in [-0.39, 0.29) is 11.8 Å². The molecule has 0 aliphatic rings. The third-order valence-corrected chi connectivity index (χ3v) is 2.51. The molecule has 0 aliphatic heterocycles. The van der Waals surface area contributed by atoms with E-state index in [1.807, 2.05) is 12.1 Å². The first-order chi connectivity index (χ1) is 8.19. The summed E-state index contributed by atoms with van der Waals surface area (Å²) >= 11 is 3.31. The summed E-state index contributed by atoms with van der Waals surface area (Å²) in [5, 5.41) is 2.83. The number of anilines is 3. The highest BCUT2D eigenvalue weighted by Crippen LogP contribution is 2.20. The van der Waals surface area contributed by atoms with Gasteiger partial charge in [-0.1, -0.05) is 15.9 Å². The summed E-state index contributed by atoms with van der Waals surface area (Å²) in [6.45, 7) is 0. The number of aromatic nitrogens is 2. The topological polar surface area (TPSA) is 75.9 Å². The Bertz CT molecular complexity index is 517. The van der Waals surface area contributed by atoms with Gasteiger partial charge < -0.3 is 5.32 Å². The van der Waals surface area contributed by atoms with Crippen LogP contribution in [0.3, 0.4) is 0 Å². The van der Waals surface area contributed by atoms with Gasteiger partial charge in [0, 0.05) is 10.2 Å². The van der Waals surface area contributed by atoms with Gasteiger partial charge in [-0.15, -0.1) is 0 Å². The fraction of sp³-hybridized carbons (Fsp3) is 0. The molecule has 1 heterocycles. The summed E-state index contributed by atoms with van der Waals surface area (Å²) in [7, 11) is 0. The van der Waals surface area contributed by atoms with E-state index in [9.17, 15) is 4.39 Å². The van der Waals surface area contributed by atoms with Gasteiger partial charge >= 0.3 is 0 Å². The molecule has 0 unspecified atom stereocenters. The van der Waals surface area contributed by atoms with E-state index >= 15 is 0 Å². The highest BCUT2D eigenvalue weighted by Gasteiger charge is 2.06. The number of rotatable bonds is 3. The largest absolute Gasteiger partial charge is 0.338 e. The Morgan fingerprint density at radius 1 is 1.24 bits per heavy atom. The molecule has 0 fully saturated rings. The first-order valence-corrected chi connectivity index (χ1v) is 5.50. The Labute approximate surface area is 105 Å². The predicted octanol–water partition coefficient (Wildman–Crippen LogP) is 2.41. The molecular weight excluding hydrogens is 289 g/mol. The zero-order valence-corrected chi connectivity index (χ0v) is 10.2. The van der Waals surface area contributed by atoms with E-state index in [0.29, 0.717) is 5.69 Å². The van der Waals surface area contributed by atoms with Crippen molar-refractivity contribution in [1.82, 2.24) is 9.97 Å². The van der Waals surface area contributed by atoms with Crippen molar-refractivity contribution in [2.75, 3.05) is 10.7 Å². The molecule has 0 saturated carbocycles. The van der Waals surface area contributed by atoms with Crippen LogP contribution in [0.4, 0.5) is 21.8 Å². The van der Waals surface area contributed by atoms with Gasteiger partial charge in [-0.05, 0) is 24.3 Å². The predicted molar refractivity (Wildman–Crippen MR) is 67.2 cm³/mol. The molecule has 88 valence electrons. The van der Waals surface area contributed by atoms with Crippen molar-refractivity contribution in [1.29, 1.82) is 0 Å². The molecule has 0 aliphatic carbocycles. The quantitative estimate of drug-likeness (QED) is 0.599. The first kappa shape index (κ1) is 11.7. The summed E-state index contributed by atoms with van der Waals surface area (Å²) in [4.78, 5) is 7.51. The average Bonchev–Trinajstić information content (AvgIpc) is 2.35. The van der Waals surface area contributed by atoms with Crippen molar-refractivity contribution in [3.05, 3.63) is 40.8 Å². The van der Waals surface area contributed by atoms with Gasteiger partial charge in [0.15, 0.2) is 11.6 Å². The summed E-state index contributed by atoms with van der Waals surface area (Å²) < 4.78 is 14.3. The number of nitrogens with two attached hydrogens (primary N) is 1. The fourth-order valence-electron chi connectivity index (χ4n) is 1.19. The van der Waals surface area contributed by atoms with Crippen LogP contribution in [0.25, 0.3) is 0 Å². The summed E-state index contributed by atoms with van der Waals surface area (Å²) in [5.74, 6) is 4.81. The molecule has 0 bridgehead atoms. The minimum Gasteiger partial charge on any atom is -0.338 e. The summed E-state index contributed by atoms with van der Waals surface area (Å²) in [5.41, 5.74) is 2.97. The number of hydrogen-bond acceptors (Lipinski definition) is 5. The normalized spacial score (nSPS) is 10.1. The van der Waals surface area contributed by atoms with E-state index in [1.54, 1.807) is 12.1 Å². The second kappa shape index (κ2) is 5.07. The maximum atomic E-state index is 13.4. The number of hydrazine groups is 1. The van der Waals surface area contributed by atoms with Crippen molar-refractivity contribution in [3.63, 3.8) is 0 Å². The molecular formula is C10H9BrFN5. The Morgan fingerprint density at radius 2 is 1.94 bits per heavy atom. The SMILES string of the molecule is NNc1ncc(F)c(Nc2ccc(Br)cc2)n1. The van der Waals surface area contributed by atoms with Gasteiger partial charge in [0.1, 0.15) is 0 Å². The van der Waals surface area contributed by atoms with Crippen molar-refractivity contribution in [2.45, 2.75) is 0 Å². The maximum absolute atomic E-state index is 13.4. The van der Waals surface area contributed by atoms with E-state index in [1.165, 1.54) is 0 Å². The molecule has 0 amide bonds. The van der Waals surface area contributed by atoms with Crippen LogP contribution < -0.4 is 16.6 Å². The van der Waals surface area contributed by atoms with Crippen molar-refractivity contribution < 1.29 is 4.39 Å². The molecule has 0 atom stereocenters. The average molecular weight is 298 g/mol. The second-order valence-electron chi connectivity index (χ2n) is 3.17. The van der Waals surface area contributed by atoms with Gasteiger partial charge in [-0.3, -0.25) is 5.43 Å². The van der Waals surface area contributed by atoms with Gasteiger partial charge in [0.05, 0.1) is 6.20 Å². The zero-order valence-electron chi connectivity index (χ0n) is 8.61. The van der Waals surface area contributed by atoms with Crippen LogP contribution >= 0.6 is 15.9 Å². The van der Waals surface area contributed by atoms with Crippen molar-refractivity contribution in [2.24, 2.45) is 5.84 Å². The van der Waals surface area contributed by atoms with Crippen molar-refractivity contribution in [3.8, 4) is 0 Å². The molecule has 1 aromatic heterocycles. The molecule has 0 radical (unpaired) electrons. The first-order valence-electron chi connectivity index (χ1n) is 4.71. The highest BCUT2D eigenvalue weighted by molar-refractivity contribution is 9.10. The molecule has 1 aromatic carbocycles. The van der Waals surface area contributed by atoms with Crippen molar-refractivity contribution >= 4 is 33.4 Å². The van der Waals surface area contributed by atoms with Crippen LogP contribution in [0, 0.1) is 5.82 Å². The molecule has 7 heteroatoms. The summed E-state index contributed by atoms with van der Waals surface area (Å²) in [6.07, 6.45) is 1.05. The fourth-order valence-corrected chi connectivity index (χ4v) is 1.46. The number of hydrogen-bond donors (Lipinski definition) is 3. The smallest absolute Gasteiger partial charge is 0.239 e. The lowest BCUT2D eigenvalue weighted by Gasteiger charge is -2.07. The Morgan fingerprint density at radius 3 is 2.59 bits per heavy atom. The Balaban J connectivity index is 2.25. The van der Waals surface area contributed by atoms with Crippen LogP contribution in [0.1, 0.15) is 0 Å². The number of halogens is 2. The number of nitrogen functional groups attached to an aromatic ring is 1. The van der Waals surface area contributed by atoms with Crippen LogP contribution in [-0.2, 0) is 0 Å². The van der Waals surface area contributed by atoms with Crippen LogP contribution in [-0.4, -0.2) is 9.97 Å². The lowest BCUT2D eigenvalue weighted by Crippen LogP contribution is -2.11. The minimum atomic E-state index is -0.549. The second-order valence-corrected chi connectivity index (χ2v) is 4.08. The molecule has 4 N–H and O–H groups in total. The zero-order chi connectivity index (χ0) is 12.3. The van der Waals surface area contributed by atoms with E-state index in [4.69, 9.17) is 5.84 Å². The molecule has 0 spiro atoms. The van der Waals surface area contributed by atoms with E-state index in [0.717, 1.165) is 10.7 Å². The lowest BCUT2D eigenvalue weighted by atomic mass is 10.3.